The summed E-state index contributed by atoms with van der Waals surface area (Å²) in [6.07, 6.45) is 1.86. The quantitative estimate of drug-likeness (QED) is 0.870. The number of likely N-dealkylation sites (tertiary alicyclic amines) is 1. The van der Waals surface area contributed by atoms with E-state index in [1.54, 1.807) is 12.0 Å². The van der Waals surface area contributed by atoms with Crippen LogP contribution in [0.25, 0.3) is 0 Å². The van der Waals surface area contributed by atoms with Crippen LogP contribution in [0.3, 0.4) is 0 Å². The number of ether oxygens (including phenoxy) is 1. The van der Waals surface area contributed by atoms with Crippen LogP contribution in [0.1, 0.15) is 18.4 Å². The van der Waals surface area contributed by atoms with E-state index >= 15 is 0 Å². The number of nitrogens with zero attached hydrogens (tertiary/aromatic N) is 1. The SMILES string of the molecule is COCc1cccc(NC2CCN(C(N)=O)CC2)c1. The van der Waals surface area contributed by atoms with Gasteiger partial charge in [-0.1, -0.05) is 12.1 Å². The molecule has 5 heteroatoms. The number of hydrogen-bond acceptors (Lipinski definition) is 3. The third-order valence-corrected chi connectivity index (χ3v) is 3.42. The number of benzene rings is 1. The highest BCUT2D eigenvalue weighted by Crippen LogP contribution is 2.18. The lowest BCUT2D eigenvalue weighted by Crippen LogP contribution is -2.44. The molecule has 0 aromatic heterocycles. The lowest BCUT2D eigenvalue weighted by molar-refractivity contribution is 0.185. The highest BCUT2D eigenvalue weighted by molar-refractivity contribution is 5.72. The number of anilines is 1. The van der Waals surface area contributed by atoms with Crippen LogP contribution < -0.4 is 11.1 Å². The Hall–Kier alpha value is -1.75. The Bertz CT molecular complexity index is 428. The number of urea groups is 1. The van der Waals surface area contributed by atoms with Crippen molar-refractivity contribution in [3.63, 3.8) is 0 Å². The van der Waals surface area contributed by atoms with Crippen molar-refractivity contribution in [1.29, 1.82) is 0 Å². The minimum Gasteiger partial charge on any atom is -0.382 e. The number of rotatable bonds is 4. The Labute approximate surface area is 113 Å². The van der Waals surface area contributed by atoms with E-state index in [0.29, 0.717) is 12.6 Å². The summed E-state index contributed by atoms with van der Waals surface area (Å²) in [6, 6.07) is 8.30. The molecule has 0 saturated carbocycles. The second-order valence-corrected chi connectivity index (χ2v) is 4.88. The second kappa shape index (κ2) is 6.43. The number of amides is 2. The number of nitrogens with two attached hydrogens (primary N) is 1. The van der Waals surface area contributed by atoms with Crippen LogP contribution in [0.5, 0.6) is 0 Å². The molecule has 3 N–H and O–H groups in total. The van der Waals surface area contributed by atoms with Crippen molar-refractivity contribution >= 4 is 11.7 Å². The van der Waals surface area contributed by atoms with E-state index in [0.717, 1.165) is 37.2 Å². The largest absolute Gasteiger partial charge is 0.382 e. The summed E-state index contributed by atoms with van der Waals surface area (Å²) in [5.74, 6) is 0. The minimum atomic E-state index is -0.319. The molecule has 1 heterocycles. The van der Waals surface area contributed by atoms with Gasteiger partial charge in [0.25, 0.3) is 0 Å². The lowest BCUT2D eigenvalue weighted by Gasteiger charge is -2.31. The Balaban J connectivity index is 1.88. The zero-order valence-electron chi connectivity index (χ0n) is 11.3. The predicted molar refractivity (Wildman–Crippen MR) is 75.0 cm³/mol. The minimum absolute atomic E-state index is 0.319. The maximum Gasteiger partial charge on any atom is 0.314 e. The molecule has 1 saturated heterocycles. The lowest BCUT2D eigenvalue weighted by atomic mass is 10.0. The first-order chi connectivity index (χ1) is 9.19. The van der Waals surface area contributed by atoms with Crippen molar-refractivity contribution in [2.45, 2.75) is 25.5 Å². The standard InChI is InChI=1S/C14H21N3O2/c1-19-10-11-3-2-4-13(9-11)16-12-5-7-17(8-6-12)14(15)18/h2-4,9,12,16H,5-8,10H2,1H3,(H2,15,18). The fourth-order valence-electron chi connectivity index (χ4n) is 2.40. The molecule has 0 radical (unpaired) electrons. The van der Waals surface area contributed by atoms with Gasteiger partial charge in [0, 0.05) is 31.9 Å². The van der Waals surface area contributed by atoms with Gasteiger partial charge in [-0.15, -0.1) is 0 Å². The first-order valence-corrected chi connectivity index (χ1v) is 6.58. The number of methoxy groups -OCH3 is 1. The molecule has 5 nitrogen and oxygen atoms in total. The molecule has 0 bridgehead atoms. The smallest absolute Gasteiger partial charge is 0.314 e. The van der Waals surface area contributed by atoms with E-state index in [-0.39, 0.29) is 6.03 Å². The molecule has 2 rings (SSSR count). The zero-order valence-corrected chi connectivity index (χ0v) is 11.3. The van der Waals surface area contributed by atoms with Crippen molar-refractivity contribution in [2.75, 3.05) is 25.5 Å². The Morgan fingerprint density at radius 2 is 2.21 bits per heavy atom. The molecule has 104 valence electrons. The van der Waals surface area contributed by atoms with Crippen LogP contribution in [-0.4, -0.2) is 37.2 Å². The average molecular weight is 263 g/mol. The summed E-state index contributed by atoms with van der Waals surface area (Å²) in [5.41, 5.74) is 7.53. The van der Waals surface area contributed by atoms with E-state index in [4.69, 9.17) is 10.5 Å². The summed E-state index contributed by atoms with van der Waals surface area (Å²) >= 11 is 0. The van der Waals surface area contributed by atoms with Gasteiger partial charge in [0.1, 0.15) is 0 Å². The van der Waals surface area contributed by atoms with Crippen molar-refractivity contribution in [3.8, 4) is 0 Å². The first-order valence-electron chi connectivity index (χ1n) is 6.58. The summed E-state index contributed by atoms with van der Waals surface area (Å²) in [5, 5.41) is 3.50. The molecule has 1 aliphatic rings. The first kappa shape index (κ1) is 13.7. The van der Waals surface area contributed by atoms with Crippen LogP contribution in [-0.2, 0) is 11.3 Å². The molecule has 2 amide bonds. The van der Waals surface area contributed by atoms with Crippen LogP contribution in [0.2, 0.25) is 0 Å². The van der Waals surface area contributed by atoms with Gasteiger partial charge in [-0.25, -0.2) is 4.79 Å². The van der Waals surface area contributed by atoms with E-state index in [1.807, 2.05) is 12.1 Å². The van der Waals surface area contributed by atoms with Crippen molar-refractivity contribution in [3.05, 3.63) is 29.8 Å². The number of carbonyl (C=O) groups excluding carboxylic acids is 1. The van der Waals surface area contributed by atoms with Gasteiger partial charge >= 0.3 is 6.03 Å². The van der Waals surface area contributed by atoms with Crippen LogP contribution in [0, 0.1) is 0 Å². The number of nitrogens with one attached hydrogen (secondary N) is 1. The van der Waals surface area contributed by atoms with Gasteiger partial charge in [0.2, 0.25) is 0 Å². The third kappa shape index (κ3) is 3.86. The van der Waals surface area contributed by atoms with Gasteiger partial charge in [0.05, 0.1) is 6.61 Å². The van der Waals surface area contributed by atoms with Crippen LogP contribution in [0.4, 0.5) is 10.5 Å². The van der Waals surface area contributed by atoms with Crippen LogP contribution >= 0.6 is 0 Å². The monoisotopic (exact) mass is 263 g/mol. The predicted octanol–water partition coefficient (Wildman–Crippen LogP) is 1.79. The molecule has 1 aromatic rings. The van der Waals surface area contributed by atoms with E-state index in [9.17, 15) is 4.79 Å². The average Bonchev–Trinajstić information content (AvgIpc) is 2.40. The number of hydrogen-bond donors (Lipinski definition) is 2. The zero-order chi connectivity index (χ0) is 13.7. The van der Waals surface area contributed by atoms with Crippen molar-refractivity contribution < 1.29 is 9.53 Å². The van der Waals surface area contributed by atoms with E-state index < -0.39 is 0 Å². The number of carbonyl (C=O) groups is 1. The number of primary amides is 1. The molecule has 0 atom stereocenters. The van der Waals surface area contributed by atoms with Crippen molar-refractivity contribution in [1.82, 2.24) is 4.90 Å². The molecule has 1 fully saturated rings. The third-order valence-electron chi connectivity index (χ3n) is 3.42. The Morgan fingerprint density at radius 3 is 2.84 bits per heavy atom. The van der Waals surface area contributed by atoms with Crippen molar-refractivity contribution in [2.24, 2.45) is 5.73 Å². The van der Waals surface area contributed by atoms with Crippen LogP contribution in [0.15, 0.2) is 24.3 Å². The van der Waals surface area contributed by atoms with Gasteiger partial charge < -0.3 is 20.7 Å². The molecule has 1 aliphatic heterocycles. The highest BCUT2D eigenvalue weighted by atomic mass is 16.5. The van der Waals surface area contributed by atoms with Gasteiger partial charge in [-0.3, -0.25) is 0 Å². The normalized spacial score (nSPS) is 16.4. The molecule has 1 aromatic carbocycles. The summed E-state index contributed by atoms with van der Waals surface area (Å²) in [6.45, 7) is 2.07. The van der Waals surface area contributed by atoms with E-state index in [2.05, 4.69) is 17.4 Å². The van der Waals surface area contributed by atoms with Gasteiger partial charge in [-0.2, -0.15) is 0 Å². The molecule has 0 unspecified atom stereocenters. The summed E-state index contributed by atoms with van der Waals surface area (Å²) in [7, 11) is 1.69. The Kier molecular flexibility index (Phi) is 4.63. The topological polar surface area (TPSA) is 67.6 Å². The molecular weight excluding hydrogens is 242 g/mol. The molecule has 0 aliphatic carbocycles. The molecule has 0 spiro atoms. The highest BCUT2D eigenvalue weighted by Gasteiger charge is 2.20. The Morgan fingerprint density at radius 1 is 1.47 bits per heavy atom. The maximum absolute atomic E-state index is 11.0. The van der Waals surface area contributed by atoms with E-state index in [1.165, 1.54) is 0 Å². The fourth-order valence-corrected chi connectivity index (χ4v) is 2.40. The maximum atomic E-state index is 11.0. The number of piperidine rings is 1. The van der Waals surface area contributed by atoms with Gasteiger partial charge in [-0.05, 0) is 30.5 Å². The van der Waals surface area contributed by atoms with Gasteiger partial charge in [0.15, 0.2) is 0 Å². The fraction of sp³-hybridized carbons (Fsp3) is 0.500. The second-order valence-electron chi connectivity index (χ2n) is 4.88. The summed E-state index contributed by atoms with van der Waals surface area (Å²) in [4.78, 5) is 12.7. The molecule has 19 heavy (non-hydrogen) atoms. The molecular formula is C14H21N3O2. The summed E-state index contributed by atoms with van der Waals surface area (Å²) < 4.78 is 5.13.